The Kier molecular flexibility index (Phi) is 6.80. The lowest BCUT2D eigenvalue weighted by Gasteiger charge is -2.23. The minimum Gasteiger partial charge on any atom is -0.489 e. The van der Waals surface area contributed by atoms with Gasteiger partial charge in [0.15, 0.2) is 11.4 Å². The second-order valence-electron chi connectivity index (χ2n) is 9.34. The molecule has 0 saturated carbocycles. The Morgan fingerprint density at radius 3 is 2.61 bits per heavy atom. The third-order valence-corrected chi connectivity index (χ3v) is 7.60. The predicted molar refractivity (Wildman–Crippen MR) is 127 cm³/mol. The fourth-order valence-corrected chi connectivity index (χ4v) is 5.83. The Hall–Kier alpha value is -3.45. The molecule has 0 aliphatic carbocycles. The predicted octanol–water partition coefficient (Wildman–Crippen LogP) is 0.747. The zero-order valence-corrected chi connectivity index (χ0v) is 21.1. The first-order chi connectivity index (χ1) is 16.9. The topological polar surface area (TPSA) is 139 Å². The summed E-state index contributed by atoms with van der Waals surface area (Å²) in [6, 6.07) is 3.19. The molecular weight excluding hydrogens is 493 g/mol. The van der Waals surface area contributed by atoms with Gasteiger partial charge >= 0.3 is 11.8 Å². The maximum absolute atomic E-state index is 13.6. The summed E-state index contributed by atoms with van der Waals surface area (Å²) in [5.41, 5.74) is 0.648. The number of benzene rings is 1. The van der Waals surface area contributed by atoms with E-state index in [0.717, 1.165) is 0 Å². The van der Waals surface area contributed by atoms with Crippen molar-refractivity contribution < 1.29 is 31.9 Å². The highest BCUT2D eigenvalue weighted by Gasteiger charge is 2.43. The minimum absolute atomic E-state index is 0.00964. The molecule has 0 spiro atoms. The second kappa shape index (κ2) is 9.54. The van der Waals surface area contributed by atoms with E-state index < -0.39 is 45.5 Å². The molecule has 36 heavy (non-hydrogen) atoms. The quantitative estimate of drug-likeness (QED) is 0.510. The van der Waals surface area contributed by atoms with E-state index in [2.05, 4.69) is 15.4 Å². The van der Waals surface area contributed by atoms with Crippen molar-refractivity contribution in [1.82, 2.24) is 19.5 Å². The average molecular weight is 522 g/mol. The number of amides is 3. The van der Waals surface area contributed by atoms with Crippen LogP contribution in [-0.4, -0.2) is 67.4 Å². The summed E-state index contributed by atoms with van der Waals surface area (Å²) in [6.45, 7) is 5.15. The summed E-state index contributed by atoms with van der Waals surface area (Å²) in [5.74, 6) is -3.13. The lowest BCUT2D eigenvalue weighted by molar-refractivity contribution is -0.145. The molecule has 0 bridgehead atoms. The SMILES string of the molecule is Cc1cc(NC(=O)c2c3c(cn2C)S(=O)(=O)N[C@H]2CN(C(=O)C(=O)NC(C)C)C[C@H]2CO3)ccc1F. The Morgan fingerprint density at radius 1 is 1.22 bits per heavy atom. The Bertz CT molecular complexity index is 1340. The minimum atomic E-state index is -4.13. The van der Waals surface area contributed by atoms with Gasteiger partial charge in [-0.05, 0) is 44.5 Å². The van der Waals surface area contributed by atoms with Gasteiger partial charge in [0.05, 0.1) is 6.61 Å². The normalized spacial score (nSPS) is 20.6. The van der Waals surface area contributed by atoms with Crippen molar-refractivity contribution in [3.8, 4) is 5.75 Å². The lowest BCUT2D eigenvalue weighted by Crippen LogP contribution is -2.46. The molecule has 4 rings (SSSR count). The third kappa shape index (κ3) is 4.93. The summed E-state index contributed by atoms with van der Waals surface area (Å²) in [5, 5.41) is 5.18. The van der Waals surface area contributed by atoms with Crippen LogP contribution in [0.3, 0.4) is 0 Å². The number of likely N-dealkylation sites (tertiary alicyclic amines) is 1. The standard InChI is InChI=1S/C23H28FN5O6S/c1-12(2)25-22(31)23(32)29-8-14-11-35-20-18(36(33,34)27-17(14)9-29)10-28(4)19(20)21(30)26-15-5-6-16(24)13(3)7-15/h5-7,10,12,14,17,27H,8-9,11H2,1-4H3,(H,25,31)(H,26,30)/t14-,17-/m0/s1. The number of rotatable bonds is 3. The molecule has 0 unspecified atom stereocenters. The first-order valence-electron chi connectivity index (χ1n) is 11.4. The molecule has 2 atom stereocenters. The Morgan fingerprint density at radius 2 is 1.94 bits per heavy atom. The van der Waals surface area contributed by atoms with Crippen LogP contribution in [0.5, 0.6) is 5.75 Å². The van der Waals surface area contributed by atoms with Crippen molar-refractivity contribution in [1.29, 1.82) is 0 Å². The molecule has 2 aromatic rings. The first kappa shape index (κ1) is 25.6. The van der Waals surface area contributed by atoms with Gasteiger partial charge in [0.1, 0.15) is 10.7 Å². The molecule has 1 aromatic carbocycles. The molecule has 2 aliphatic heterocycles. The molecule has 194 valence electrons. The van der Waals surface area contributed by atoms with Crippen molar-refractivity contribution in [3.63, 3.8) is 0 Å². The molecule has 1 saturated heterocycles. The van der Waals surface area contributed by atoms with Gasteiger partial charge in [-0.15, -0.1) is 0 Å². The molecule has 1 fully saturated rings. The van der Waals surface area contributed by atoms with E-state index in [0.29, 0.717) is 11.3 Å². The number of nitrogens with zero attached hydrogens (tertiary/aromatic N) is 2. The van der Waals surface area contributed by atoms with Gasteiger partial charge in [-0.3, -0.25) is 14.4 Å². The molecule has 1 aromatic heterocycles. The molecule has 0 radical (unpaired) electrons. The van der Waals surface area contributed by atoms with Crippen LogP contribution in [0.25, 0.3) is 0 Å². The summed E-state index contributed by atoms with van der Waals surface area (Å²) in [4.78, 5) is 38.9. The number of aromatic nitrogens is 1. The molecule has 3 heterocycles. The monoisotopic (exact) mass is 521 g/mol. The van der Waals surface area contributed by atoms with E-state index in [4.69, 9.17) is 4.74 Å². The molecule has 2 aliphatic rings. The average Bonchev–Trinajstić information content (AvgIpc) is 3.33. The molecular formula is C23H28FN5O6S. The van der Waals surface area contributed by atoms with E-state index in [1.54, 1.807) is 20.8 Å². The van der Waals surface area contributed by atoms with Crippen molar-refractivity contribution in [2.75, 3.05) is 25.0 Å². The molecule has 3 amide bonds. The van der Waals surface area contributed by atoms with Crippen LogP contribution in [-0.2, 0) is 26.7 Å². The van der Waals surface area contributed by atoms with Gasteiger partial charge in [0, 0.05) is 50.0 Å². The third-order valence-electron chi connectivity index (χ3n) is 6.11. The number of halogens is 1. The van der Waals surface area contributed by atoms with Gasteiger partial charge in [0.25, 0.3) is 5.91 Å². The molecule has 13 heteroatoms. The molecule has 11 nitrogen and oxygen atoms in total. The number of nitrogens with one attached hydrogen (secondary N) is 3. The van der Waals surface area contributed by atoms with Crippen LogP contribution in [0.4, 0.5) is 10.1 Å². The van der Waals surface area contributed by atoms with Crippen molar-refractivity contribution >= 4 is 33.4 Å². The van der Waals surface area contributed by atoms with Crippen LogP contribution >= 0.6 is 0 Å². The van der Waals surface area contributed by atoms with E-state index in [1.165, 1.54) is 40.9 Å². The smallest absolute Gasteiger partial charge is 0.311 e. The Labute approximate surface area is 208 Å². The van der Waals surface area contributed by atoms with Crippen LogP contribution < -0.4 is 20.1 Å². The van der Waals surface area contributed by atoms with E-state index in [-0.39, 0.29) is 42.1 Å². The number of hydrogen-bond acceptors (Lipinski definition) is 6. The van der Waals surface area contributed by atoms with Gasteiger partial charge in [-0.2, -0.15) is 0 Å². The number of carbonyl (C=O) groups excluding carboxylic acids is 3. The number of aryl methyl sites for hydroxylation is 2. The van der Waals surface area contributed by atoms with Crippen LogP contribution in [0.1, 0.15) is 29.9 Å². The zero-order chi connectivity index (χ0) is 26.4. The van der Waals surface area contributed by atoms with Gasteiger partial charge < -0.3 is 24.8 Å². The lowest BCUT2D eigenvalue weighted by atomic mass is 10.1. The summed E-state index contributed by atoms with van der Waals surface area (Å²) in [7, 11) is -2.61. The van der Waals surface area contributed by atoms with Crippen LogP contribution in [0.15, 0.2) is 29.3 Å². The first-order valence-corrected chi connectivity index (χ1v) is 12.9. The fraction of sp³-hybridized carbons (Fsp3) is 0.435. The number of hydrogen-bond donors (Lipinski definition) is 3. The summed E-state index contributed by atoms with van der Waals surface area (Å²) >= 11 is 0. The maximum Gasteiger partial charge on any atom is 0.311 e. The summed E-state index contributed by atoms with van der Waals surface area (Å²) < 4.78 is 49.9. The highest BCUT2D eigenvalue weighted by atomic mass is 32.2. The largest absolute Gasteiger partial charge is 0.489 e. The number of sulfonamides is 1. The van der Waals surface area contributed by atoms with Gasteiger partial charge in [-0.1, -0.05) is 0 Å². The summed E-state index contributed by atoms with van der Waals surface area (Å²) in [6.07, 6.45) is 1.27. The van der Waals surface area contributed by atoms with Crippen LogP contribution in [0, 0.1) is 18.7 Å². The van der Waals surface area contributed by atoms with Crippen LogP contribution in [0.2, 0.25) is 0 Å². The van der Waals surface area contributed by atoms with Gasteiger partial charge in [0.2, 0.25) is 10.0 Å². The number of fused-ring (bicyclic) bond motifs is 2. The van der Waals surface area contributed by atoms with E-state index in [1.807, 2.05) is 0 Å². The zero-order valence-electron chi connectivity index (χ0n) is 20.3. The Balaban J connectivity index is 1.58. The number of anilines is 1. The second-order valence-corrected chi connectivity index (χ2v) is 11.0. The van der Waals surface area contributed by atoms with E-state index >= 15 is 0 Å². The number of ether oxygens (including phenoxy) is 1. The van der Waals surface area contributed by atoms with Gasteiger partial charge in [-0.25, -0.2) is 17.5 Å². The molecule has 3 N–H and O–H groups in total. The fourth-order valence-electron chi connectivity index (χ4n) is 4.34. The van der Waals surface area contributed by atoms with Crippen molar-refractivity contribution in [2.45, 2.75) is 37.8 Å². The van der Waals surface area contributed by atoms with Crippen molar-refractivity contribution in [3.05, 3.63) is 41.5 Å². The maximum atomic E-state index is 13.6. The highest BCUT2D eigenvalue weighted by molar-refractivity contribution is 7.89. The number of carbonyl (C=O) groups is 3. The highest BCUT2D eigenvalue weighted by Crippen LogP contribution is 2.34. The van der Waals surface area contributed by atoms with Crippen molar-refractivity contribution in [2.24, 2.45) is 13.0 Å². The van der Waals surface area contributed by atoms with E-state index in [9.17, 15) is 27.2 Å².